The number of ketones is 1. The smallest absolute Gasteiger partial charge is 0.280 e. The molecule has 5 aliphatic rings. The Morgan fingerprint density at radius 2 is 1.72 bits per heavy atom. The van der Waals surface area contributed by atoms with Crippen LogP contribution in [-0.2, 0) is 23.4 Å². The summed E-state index contributed by atoms with van der Waals surface area (Å²) in [6.07, 6.45) is 4.06. The Morgan fingerprint density at radius 1 is 1.12 bits per heavy atom. The largest absolute Gasteiger partial charge is 0.413 e. The number of rotatable bonds is 3. The van der Waals surface area contributed by atoms with E-state index in [0.29, 0.717) is 18.6 Å². The summed E-state index contributed by atoms with van der Waals surface area (Å²) in [4.78, 5) is 12.4. The SMILES string of the molecule is CC12O[C@@H]3C[C@@H](CC([C@H]4CC(=O)C[C@@H]4O[Si](C)(C)C(C)(C)C)(C3)O1)O2. The van der Waals surface area contributed by atoms with Crippen LogP contribution in [0, 0.1) is 5.92 Å². The lowest BCUT2D eigenvalue weighted by Crippen LogP contribution is -2.69. The average molecular weight is 369 g/mol. The Hall–Kier alpha value is -0.273. The molecule has 3 saturated heterocycles. The molecule has 2 aliphatic carbocycles. The molecule has 0 aromatic heterocycles. The molecule has 0 radical (unpaired) electrons. The fourth-order valence-corrected chi connectivity index (χ4v) is 6.39. The molecule has 142 valence electrons. The highest BCUT2D eigenvalue weighted by molar-refractivity contribution is 6.74. The van der Waals surface area contributed by atoms with Gasteiger partial charge in [0.2, 0.25) is 0 Å². The maximum Gasteiger partial charge on any atom is 0.280 e. The molecule has 2 saturated carbocycles. The maximum absolute atomic E-state index is 12.4. The standard InChI is InChI=1S/C19H32O5Si/c1-17(2,3)25(5,6)23-16-8-12(20)7-15(16)19-10-13-9-14(11-19)22-18(4,21-13)24-19/h13-16H,7-11H2,1-6H3/t13-,14+,15-,16-,18?,19?/m0/s1. The van der Waals surface area contributed by atoms with E-state index in [0.717, 1.165) is 19.3 Å². The Balaban J connectivity index is 1.61. The minimum Gasteiger partial charge on any atom is -0.413 e. The number of ether oxygens (including phenoxy) is 3. The summed E-state index contributed by atoms with van der Waals surface area (Å²) < 4.78 is 25.0. The Labute approximate surface area is 151 Å². The third-order valence-corrected chi connectivity index (χ3v) is 11.6. The molecule has 2 unspecified atom stereocenters. The lowest BCUT2D eigenvalue weighted by molar-refractivity contribution is -0.515. The molecule has 0 N–H and O–H groups in total. The predicted molar refractivity (Wildman–Crippen MR) is 95.6 cm³/mol. The number of carbonyl (C=O) groups excluding carboxylic acids is 1. The molecule has 0 aromatic rings. The van der Waals surface area contributed by atoms with Crippen LogP contribution in [0.3, 0.4) is 0 Å². The molecule has 5 nitrogen and oxygen atoms in total. The maximum atomic E-state index is 12.4. The first-order chi connectivity index (χ1) is 11.4. The van der Waals surface area contributed by atoms with Crippen LogP contribution in [0.4, 0.5) is 0 Å². The normalized spacial score (nSPS) is 46.9. The summed E-state index contributed by atoms with van der Waals surface area (Å²) in [6, 6.07) is 0. The monoisotopic (exact) mass is 368 g/mol. The summed E-state index contributed by atoms with van der Waals surface area (Å²) >= 11 is 0. The van der Waals surface area contributed by atoms with Crippen molar-refractivity contribution >= 4 is 14.1 Å². The van der Waals surface area contributed by atoms with Crippen molar-refractivity contribution < 1.29 is 23.4 Å². The Kier molecular flexibility index (Phi) is 3.90. The van der Waals surface area contributed by atoms with E-state index in [-0.39, 0.29) is 34.9 Å². The molecule has 0 spiro atoms. The number of carbonyl (C=O) groups is 1. The highest BCUT2D eigenvalue weighted by Crippen LogP contribution is 2.56. The van der Waals surface area contributed by atoms with Gasteiger partial charge in [-0.05, 0) is 18.1 Å². The van der Waals surface area contributed by atoms with Gasteiger partial charge in [-0.25, -0.2) is 0 Å². The fraction of sp³-hybridized carbons (Fsp3) is 0.947. The number of hydrogen-bond donors (Lipinski definition) is 0. The fourth-order valence-electron chi connectivity index (χ4n) is 5.04. The van der Waals surface area contributed by atoms with E-state index in [9.17, 15) is 4.79 Å². The molecule has 3 heterocycles. The van der Waals surface area contributed by atoms with E-state index in [2.05, 4.69) is 33.9 Å². The quantitative estimate of drug-likeness (QED) is 0.710. The molecular weight excluding hydrogens is 336 g/mol. The van der Waals surface area contributed by atoms with Crippen LogP contribution in [0.15, 0.2) is 0 Å². The number of Topliss-reactive ketones (excluding diaryl/α,β-unsaturated/α-hetero) is 1. The van der Waals surface area contributed by atoms with Crippen LogP contribution >= 0.6 is 0 Å². The first-order valence-corrected chi connectivity index (χ1v) is 12.6. The van der Waals surface area contributed by atoms with Crippen LogP contribution in [-0.4, -0.2) is 44.0 Å². The van der Waals surface area contributed by atoms with E-state index >= 15 is 0 Å². The van der Waals surface area contributed by atoms with Gasteiger partial charge in [0, 0.05) is 44.9 Å². The van der Waals surface area contributed by atoms with E-state index in [1.165, 1.54) is 0 Å². The van der Waals surface area contributed by atoms with Crippen molar-refractivity contribution in [2.75, 3.05) is 0 Å². The van der Waals surface area contributed by atoms with Crippen molar-refractivity contribution in [1.29, 1.82) is 0 Å². The van der Waals surface area contributed by atoms with Crippen molar-refractivity contribution in [1.82, 2.24) is 0 Å². The van der Waals surface area contributed by atoms with Crippen molar-refractivity contribution in [2.24, 2.45) is 5.92 Å². The summed E-state index contributed by atoms with van der Waals surface area (Å²) in [5.74, 6) is -0.524. The lowest BCUT2D eigenvalue weighted by Gasteiger charge is -2.62. The average Bonchev–Trinajstić information content (AvgIpc) is 2.75. The van der Waals surface area contributed by atoms with Gasteiger partial charge in [0.15, 0.2) is 8.32 Å². The summed E-state index contributed by atoms with van der Waals surface area (Å²) in [6.45, 7) is 13.1. The molecule has 4 bridgehead atoms. The Bertz CT molecular complexity index is 567. The van der Waals surface area contributed by atoms with Crippen LogP contribution < -0.4 is 0 Å². The van der Waals surface area contributed by atoms with Crippen LogP contribution in [0.1, 0.15) is 59.8 Å². The third kappa shape index (κ3) is 2.94. The molecule has 5 fully saturated rings. The minimum absolute atomic E-state index is 0.0340. The van der Waals surface area contributed by atoms with Gasteiger partial charge in [0.25, 0.3) is 5.97 Å². The minimum atomic E-state index is -1.94. The second-order valence-electron chi connectivity index (χ2n) is 10.1. The summed E-state index contributed by atoms with van der Waals surface area (Å²) in [5.41, 5.74) is -0.335. The Morgan fingerprint density at radius 3 is 2.24 bits per heavy atom. The first-order valence-electron chi connectivity index (χ1n) is 9.67. The van der Waals surface area contributed by atoms with Gasteiger partial charge in [0.1, 0.15) is 5.78 Å². The zero-order chi connectivity index (χ0) is 18.3. The number of hydrogen-bond acceptors (Lipinski definition) is 5. The lowest BCUT2D eigenvalue weighted by atomic mass is 9.70. The molecule has 0 amide bonds. The van der Waals surface area contributed by atoms with Crippen LogP contribution in [0.25, 0.3) is 0 Å². The molecular formula is C19H32O5Si. The van der Waals surface area contributed by atoms with Gasteiger partial charge >= 0.3 is 0 Å². The van der Waals surface area contributed by atoms with E-state index in [1.807, 2.05) is 6.92 Å². The second-order valence-corrected chi connectivity index (χ2v) is 14.9. The van der Waals surface area contributed by atoms with Crippen molar-refractivity contribution in [3.8, 4) is 0 Å². The van der Waals surface area contributed by atoms with Gasteiger partial charge < -0.3 is 18.6 Å². The van der Waals surface area contributed by atoms with Crippen molar-refractivity contribution in [2.45, 2.75) is 108 Å². The van der Waals surface area contributed by atoms with Crippen LogP contribution in [0.5, 0.6) is 0 Å². The molecule has 3 aliphatic heterocycles. The third-order valence-electron chi connectivity index (χ3n) is 7.08. The first kappa shape index (κ1) is 18.1. The summed E-state index contributed by atoms with van der Waals surface area (Å²) in [5, 5.41) is 0.129. The van der Waals surface area contributed by atoms with Gasteiger partial charge in [-0.1, -0.05) is 20.8 Å². The van der Waals surface area contributed by atoms with E-state index < -0.39 is 14.3 Å². The predicted octanol–water partition coefficient (Wildman–Crippen LogP) is 3.77. The van der Waals surface area contributed by atoms with E-state index in [4.69, 9.17) is 18.6 Å². The molecule has 6 heteroatoms. The van der Waals surface area contributed by atoms with Gasteiger partial charge in [-0.15, -0.1) is 0 Å². The van der Waals surface area contributed by atoms with Gasteiger partial charge in [-0.3, -0.25) is 4.79 Å². The van der Waals surface area contributed by atoms with Gasteiger partial charge in [-0.2, -0.15) is 0 Å². The van der Waals surface area contributed by atoms with Crippen molar-refractivity contribution in [3.63, 3.8) is 0 Å². The highest BCUT2D eigenvalue weighted by atomic mass is 28.4. The zero-order valence-corrected chi connectivity index (χ0v) is 17.4. The van der Waals surface area contributed by atoms with E-state index in [1.54, 1.807) is 0 Å². The molecule has 25 heavy (non-hydrogen) atoms. The molecule has 6 atom stereocenters. The molecule has 5 rings (SSSR count). The van der Waals surface area contributed by atoms with Crippen LogP contribution in [0.2, 0.25) is 18.1 Å². The highest BCUT2D eigenvalue weighted by Gasteiger charge is 2.64. The molecule has 0 aromatic carbocycles. The zero-order valence-electron chi connectivity index (χ0n) is 16.4. The van der Waals surface area contributed by atoms with Gasteiger partial charge in [0.05, 0.1) is 23.9 Å². The van der Waals surface area contributed by atoms with Crippen molar-refractivity contribution in [3.05, 3.63) is 0 Å². The summed E-state index contributed by atoms with van der Waals surface area (Å²) in [7, 11) is -1.94. The second kappa shape index (κ2) is 5.38. The topological polar surface area (TPSA) is 54.0 Å².